The second-order valence-corrected chi connectivity index (χ2v) is 27.1. The number of unbranched alkanes of at least 4 members (excludes halogenated alkanes) is 43. The van der Waals surface area contributed by atoms with Crippen LogP contribution in [0.5, 0.6) is 0 Å². The van der Waals surface area contributed by atoms with Gasteiger partial charge < -0.3 is 18.9 Å². The minimum atomic E-state index is -4.39. The van der Waals surface area contributed by atoms with Gasteiger partial charge in [-0.05, 0) is 83.5 Å². The largest absolute Gasteiger partial charge is 0.472 e. The number of hydrogen-bond acceptors (Lipinski definition) is 7. The molecule has 0 aliphatic heterocycles. The molecule has 0 aliphatic rings. The molecular formula is C74H139NO8P+. The molecule has 0 aromatic heterocycles. The number of hydrogen-bond donors (Lipinski definition) is 1. The molecule has 0 saturated carbocycles. The summed E-state index contributed by atoms with van der Waals surface area (Å²) in [7, 11) is 1.49. The number of carbonyl (C=O) groups excluding carboxylic acids is 2. The maximum Gasteiger partial charge on any atom is 0.472 e. The lowest BCUT2D eigenvalue weighted by Crippen LogP contribution is -2.37. The minimum absolute atomic E-state index is 0.0318. The van der Waals surface area contributed by atoms with Gasteiger partial charge in [0.15, 0.2) is 6.10 Å². The van der Waals surface area contributed by atoms with Crippen LogP contribution in [-0.4, -0.2) is 74.9 Å². The summed E-state index contributed by atoms with van der Waals surface area (Å²) < 4.78 is 34.8. The molecule has 0 aromatic carbocycles. The Kier molecular flexibility index (Phi) is 63.4. The fourth-order valence-electron chi connectivity index (χ4n) is 10.5. The van der Waals surface area contributed by atoms with E-state index in [1.807, 2.05) is 21.1 Å². The van der Waals surface area contributed by atoms with Crippen molar-refractivity contribution in [2.45, 2.75) is 354 Å². The Bertz CT molecular complexity index is 1600. The van der Waals surface area contributed by atoms with E-state index in [9.17, 15) is 19.0 Å². The maximum atomic E-state index is 12.9. The summed E-state index contributed by atoms with van der Waals surface area (Å²) in [5.41, 5.74) is 0. The van der Waals surface area contributed by atoms with Gasteiger partial charge in [0.25, 0.3) is 0 Å². The zero-order chi connectivity index (χ0) is 61.2. The van der Waals surface area contributed by atoms with Crippen LogP contribution in [0.1, 0.15) is 348 Å². The Morgan fingerprint density at radius 2 is 0.643 bits per heavy atom. The van der Waals surface area contributed by atoms with Crippen molar-refractivity contribution in [2.75, 3.05) is 47.5 Å². The molecule has 0 aromatic rings. The average molecular weight is 1200 g/mol. The summed E-state index contributed by atoms with van der Waals surface area (Å²) in [6.07, 6.45) is 86.2. The minimum Gasteiger partial charge on any atom is -0.462 e. The molecule has 0 bridgehead atoms. The van der Waals surface area contributed by atoms with Crippen LogP contribution in [0.3, 0.4) is 0 Å². The summed E-state index contributed by atoms with van der Waals surface area (Å²) in [5.74, 6) is -0.784. The van der Waals surface area contributed by atoms with Crippen LogP contribution in [0.25, 0.3) is 0 Å². The molecule has 9 nitrogen and oxygen atoms in total. The van der Waals surface area contributed by atoms with E-state index in [1.54, 1.807) is 0 Å². The quantitative estimate of drug-likeness (QED) is 0.0211. The van der Waals surface area contributed by atoms with E-state index in [-0.39, 0.29) is 25.6 Å². The zero-order valence-corrected chi connectivity index (χ0v) is 57.0. The number of allylic oxidation sites excluding steroid dienone is 10. The van der Waals surface area contributed by atoms with Crippen molar-refractivity contribution < 1.29 is 42.1 Å². The Morgan fingerprint density at radius 1 is 0.369 bits per heavy atom. The number of rotatable bonds is 67. The predicted octanol–water partition coefficient (Wildman–Crippen LogP) is 23.4. The molecule has 492 valence electrons. The van der Waals surface area contributed by atoms with E-state index in [1.165, 1.54) is 257 Å². The second kappa shape index (κ2) is 65.2. The third kappa shape index (κ3) is 68.8. The first-order valence-corrected chi connectivity index (χ1v) is 37.5. The third-order valence-corrected chi connectivity index (χ3v) is 17.0. The van der Waals surface area contributed by atoms with Gasteiger partial charge in [0.1, 0.15) is 19.8 Å². The van der Waals surface area contributed by atoms with Gasteiger partial charge in [-0.25, -0.2) is 4.57 Å². The Morgan fingerprint density at radius 3 is 0.952 bits per heavy atom. The number of likely N-dealkylation sites (N-methyl/N-ethyl adjacent to an activating group) is 1. The lowest BCUT2D eigenvalue weighted by molar-refractivity contribution is -0.870. The van der Waals surface area contributed by atoms with Crippen molar-refractivity contribution in [1.82, 2.24) is 0 Å². The molecule has 2 unspecified atom stereocenters. The van der Waals surface area contributed by atoms with E-state index < -0.39 is 26.5 Å². The normalized spacial score (nSPS) is 13.5. The van der Waals surface area contributed by atoms with Crippen LogP contribution in [0.15, 0.2) is 60.8 Å². The summed E-state index contributed by atoms with van der Waals surface area (Å²) in [6.45, 7) is 4.46. The summed E-state index contributed by atoms with van der Waals surface area (Å²) in [4.78, 5) is 35.9. The molecule has 0 amide bonds. The number of carbonyl (C=O) groups is 2. The molecule has 0 spiro atoms. The topological polar surface area (TPSA) is 108 Å². The van der Waals surface area contributed by atoms with Gasteiger partial charge in [0.05, 0.1) is 27.7 Å². The number of phosphoric ester groups is 1. The molecule has 0 heterocycles. The van der Waals surface area contributed by atoms with Crippen molar-refractivity contribution in [1.29, 1.82) is 0 Å². The number of quaternary nitrogens is 1. The highest BCUT2D eigenvalue weighted by molar-refractivity contribution is 7.47. The van der Waals surface area contributed by atoms with Crippen LogP contribution in [0.4, 0.5) is 0 Å². The highest BCUT2D eigenvalue weighted by Gasteiger charge is 2.27. The molecule has 0 rings (SSSR count). The van der Waals surface area contributed by atoms with E-state index >= 15 is 0 Å². The van der Waals surface area contributed by atoms with E-state index in [0.29, 0.717) is 23.9 Å². The maximum absolute atomic E-state index is 12.9. The molecule has 0 fully saturated rings. The molecule has 10 heteroatoms. The van der Waals surface area contributed by atoms with Gasteiger partial charge >= 0.3 is 19.8 Å². The van der Waals surface area contributed by atoms with E-state index in [4.69, 9.17) is 18.5 Å². The summed E-state index contributed by atoms with van der Waals surface area (Å²) >= 11 is 0. The summed E-state index contributed by atoms with van der Waals surface area (Å²) in [6, 6.07) is 0. The van der Waals surface area contributed by atoms with Crippen LogP contribution in [-0.2, 0) is 32.7 Å². The lowest BCUT2D eigenvalue weighted by Gasteiger charge is -2.24. The smallest absolute Gasteiger partial charge is 0.462 e. The summed E-state index contributed by atoms with van der Waals surface area (Å²) in [5, 5.41) is 0. The van der Waals surface area contributed by atoms with Gasteiger partial charge in [0, 0.05) is 12.8 Å². The third-order valence-electron chi connectivity index (χ3n) is 16.0. The molecule has 84 heavy (non-hydrogen) atoms. The van der Waals surface area contributed by atoms with Gasteiger partial charge in [-0.1, -0.05) is 312 Å². The molecule has 0 aliphatic carbocycles. The van der Waals surface area contributed by atoms with Crippen LogP contribution >= 0.6 is 7.82 Å². The van der Waals surface area contributed by atoms with Crippen molar-refractivity contribution in [3.8, 4) is 0 Å². The standard InChI is InChI=1S/C74H138NO8P/c1-6-8-10-12-14-16-18-20-22-24-26-28-30-32-34-35-36-37-38-39-41-42-44-46-48-50-52-54-56-58-60-62-64-66-73(76)80-70-72(71-82-84(78,79)81-69-68-75(3,4)5)83-74(77)67-65-63-61-59-57-55-53-51-49-47-45-43-40-33-31-29-27-25-23-21-19-17-15-13-11-9-7-2/h18-21,24-27,31,33,72H,6-17,22-23,28-30,32,34-71H2,1-5H3/p+1/b20-18-,21-19-,26-24-,27-25-,33-31-. The first-order valence-electron chi connectivity index (χ1n) is 36.0. The van der Waals surface area contributed by atoms with Gasteiger partial charge in [-0.3, -0.25) is 18.6 Å². The molecule has 0 saturated heterocycles. The highest BCUT2D eigenvalue weighted by atomic mass is 31.2. The van der Waals surface area contributed by atoms with Gasteiger partial charge in [0.2, 0.25) is 0 Å². The zero-order valence-electron chi connectivity index (χ0n) is 56.1. The monoisotopic (exact) mass is 1200 g/mol. The SMILES string of the molecule is CCCCCCC/C=C\C/C=C\C/C=C\CCCCCCCCCCCCCCC(=O)OC(COC(=O)CCCCCCCCCCCCCCCCCCCCCCC/C=C\C/C=C\CCCCCCC)COP(=O)(O)OCC[N+](C)(C)C. The fourth-order valence-corrected chi connectivity index (χ4v) is 11.2. The van der Waals surface area contributed by atoms with Gasteiger partial charge in [-0.15, -0.1) is 0 Å². The van der Waals surface area contributed by atoms with Crippen molar-refractivity contribution in [3.05, 3.63) is 60.8 Å². The van der Waals surface area contributed by atoms with Crippen molar-refractivity contribution >= 4 is 19.8 Å². The number of ether oxygens (including phenoxy) is 2. The Hall–Kier alpha value is -2.29. The van der Waals surface area contributed by atoms with Gasteiger partial charge in [-0.2, -0.15) is 0 Å². The second-order valence-electron chi connectivity index (χ2n) is 25.6. The Balaban J connectivity index is 4.00. The molecular weight excluding hydrogens is 1060 g/mol. The van der Waals surface area contributed by atoms with Crippen molar-refractivity contribution in [3.63, 3.8) is 0 Å². The van der Waals surface area contributed by atoms with E-state index in [0.717, 1.165) is 57.8 Å². The van der Waals surface area contributed by atoms with Crippen molar-refractivity contribution in [2.24, 2.45) is 0 Å². The first kappa shape index (κ1) is 81.7. The van der Waals surface area contributed by atoms with Crippen LogP contribution < -0.4 is 0 Å². The molecule has 0 radical (unpaired) electrons. The Labute approximate surface area is 521 Å². The highest BCUT2D eigenvalue weighted by Crippen LogP contribution is 2.43. The fraction of sp³-hybridized carbons (Fsp3) is 0.838. The number of nitrogens with zero attached hydrogens (tertiary/aromatic N) is 1. The molecule has 2 atom stereocenters. The molecule has 1 N–H and O–H groups in total. The number of phosphoric acid groups is 1. The lowest BCUT2D eigenvalue weighted by atomic mass is 10.0. The average Bonchev–Trinajstić information content (AvgIpc) is 3.61. The number of esters is 2. The van der Waals surface area contributed by atoms with Crippen LogP contribution in [0.2, 0.25) is 0 Å². The predicted molar refractivity (Wildman–Crippen MR) is 363 cm³/mol. The first-order chi connectivity index (χ1) is 41.0. The van der Waals surface area contributed by atoms with E-state index in [2.05, 4.69) is 74.6 Å². The van der Waals surface area contributed by atoms with Crippen LogP contribution in [0, 0.1) is 0 Å².